The average Bonchev–Trinajstić information content (AvgIpc) is 2.75. The van der Waals surface area contributed by atoms with Crippen molar-refractivity contribution in [2.24, 2.45) is 0 Å². The van der Waals surface area contributed by atoms with Crippen LogP contribution in [-0.2, 0) is 6.42 Å². The number of rotatable bonds is 8. The van der Waals surface area contributed by atoms with Gasteiger partial charge in [0.2, 0.25) is 0 Å². The summed E-state index contributed by atoms with van der Waals surface area (Å²) in [6.07, 6.45) is 6.94. The molecule has 0 bridgehead atoms. The van der Waals surface area contributed by atoms with Gasteiger partial charge < -0.3 is 5.32 Å². The smallest absolute Gasteiger partial charge is 0.0640 e. The summed E-state index contributed by atoms with van der Waals surface area (Å²) < 4.78 is 2.04. The molecule has 0 aliphatic rings. The van der Waals surface area contributed by atoms with Crippen molar-refractivity contribution < 1.29 is 0 Å². The highest BCUT2D eigenvalue weighted by atomic mass is 15.3. The summed E-state index contributed by atoms with van der Waals surface area (Å²) in [4.78, 5) is 0. The molecule has 1 N–H and O–H groups in total. The molecule has 1 aromatic heterocycles. The molecule has 0 amide bonds. The molecule has 0 spiro atoms. The predicted octanol–water partition coefficient (Wildman–Crippen LogP) is 3.17. The molecular formula is C14H27N3. The summed E-state index contributed by atoms with van der Waals surface area (Å²) in [5.41, 5.74) is 1.21. The number of likely N-dealkylation sites (N-methyl/N-ethyl adjacent to an activating group) is 1. The van der Waals surface area contributed by atoms with Gasteiger partial charge in [0.25, 0.3) is 0 Å². The van der Waals surface area contributed by atoms with E-state index in [2.05, 4.69) is 50.4 Å². The van der Waals surface area contributed by atoms with Gasteiger partial charge in [-0.05, 0) is 32.9 Å². The van der Waals surface area contributed by atoms with E-state index in [4.69, 9.17) is 0 Å². The summed E-state index contributed by atoms with van der Waals surface area (Å²) in [5, 5.41) is 8.17. The van der Waals surface area contributed by atoms with Crippen molar-refractivity contribution in [1.82, 2.24) is 15.1 Å². The molecule has 0 fully saturated rings. The second-order valence-electron chi connectivity index (χ2n) is 4.98. The van der Waals surface area contributed by atoms with Gasteiger partial charge in [-0.25, -0.2) is 0 Å². The Bertz CT molecular complexity index is 304. The number of hydrogen-bond acceptors (Lipinski definition) is 2. The second kappa shape index (κ2) is 7.49. The van der Waals surface area contributed by atoms with Crippen LogP contribution >= 0.6 is 0 Å². The zero-order valence-corrected chi connectivity index (χ0v) is 11.7. The standard InChI is InChI=1S/C14H27N3/c1-5-7-8-13(15-6-2)11-14-9-10-17(16-14)12(3)4/h9-10,12-13,15H,5-8,11H2,1-4H3. The van der Waals surface area contributed by atoms with Crippen molar-refractivity contribution in [3.05, 3.63) is 18.0 Å². The third kappa shape index (κ3) is 4.90. The summed E-state index contributed by atoms with van der Waals surface area (Å²) in [7, 11) is 0. The van der Waals surface area contributed by atoms with E-state index in [1.165, 1.54) is 25.0 Å². The lowest BCUT2D eigenvalue weighted by molar-refractivity contribution is 0.461. The molecule has 3 heteroatoms. The van der Waals surface area contributed by atoms with Crippen LogP contribution in [0.2, 0.25) is 0 Å². The molecule has 98 valence electrons. The first kappa shape index (κ1) is 14.2. The summed E-state index contributed by atoms with van der Waals surface area (Å²) >= 11 is 0. The molecule has 1 rings (SSSR count). The van der Waals surface area contributed by atoms with Gasteiger partial charge in [0.1, 0.15) is 0 Å². The van der Waals surface area contributed by atoms with E-state index < -0.39 is 0 Å². The summed E-state index contributed by atoms with van der Waals surface area (Å²) in [5.74, 6) is 0. The van der Waals surface area contributed by atoms with E-state index >= 15 is 0 Å². The molecule has 0 aliphatic carbocycles. The van der Waals surface area contributed by atoms with Crippen LogP contribution in [0, 0.1) is 0 Å². The number of nitrogens with zero attached hydrogens (tertiary/aromatic N) is 2. The Morgan fingerprint density at radius 2 is 2.12 bits per heavy atom. The fourth-order valence-corrected chi connectivity index (χ4v) is 2.04. The molecule has 0 aromatic carbocycles. The van der Waals surface area contributed by atoms with Crippen molar-refractivity contribution >= 4 is 0 Å². The highest BCUT2D eigenvalue weighted by molar-refractivity contribution is 5.02. The second-order valence-corrected chi connectivity index (χ2v) is 4.98. The van der Waals surface area contributed by atoms with E-state index in [1.807, 2.05) is 4.68 Å². The molecule has 0 saturated heterocycles. The number of nitrogens with one attached hydrogen (secondary N) is 1. The summed E-state index contributed by atoms with van der Waals surface area (Å²) in [6, 6.07) is 3.18. The summed E-state index contributed by atoms with van der Waals surface area (Å²) in [6.45, 7) is 9.78. The van der Waals surface area contributed by atoms with Gasteiger partial charge in [-0.3, -0.25) is 4.68 Å². The first-order chi connectivity index (χ1) is 8.17. The zero-order chi connectivity index (χ0) is 12.7. The lowest BCUT2D eigenvalue weighted by Crippen LogP contribution is -2.31. The van der Waals surface area contributed by atoms with Crippen molar-refractivity contribution in [1.29, 1.82) is 0 Å². The van der Waals surface area contributed by atoms with Gasteiger partial charge in [0.05, 0.1) is 5.69 Å². The van der Waals surface area contributed by atoms with Crippen molar-refractivity contribution in [2.75, 3.05) is 6.54 Å². The minimum absolute atomic E-state index is 0.456. The lowest BCUT2D eigenvalue weighted by atomic mass is 10.0. The Morgan fingerprint density at radius 1 is 1.35 bits per heavy atom. The van der Waals surface area contributed by atoms with E-state index in [0.29, 0.717) is 12.1 Å². The fraction of sp³-hybridized carbons (Fsp3) is 0.786. The number of aromatic nitrogens is 2. The van der Waals surface area contributed by atoms with E-state index in [-0.39, 0.29) is 0 Å². The molecule has 0 aliphatic heterocycles. The Labute approximate surface area is 106 Å². The highest BCUT2D eigenvalue weighted by Gasteiger charge is 2.10. The molecule has 1 unspecified atom stereocenters. The Kier molecular flexibility index (Phi) is 6.27. The Morgan fingerprint density at radius 3 is 2.65 bits per heavy atom. The molecule has 3 nitrogen and oxygen atoms in total. The maximum Gasteiger partial charge on any atom is 0.0640 e. The minimum atomic E-state index is 0.456. The Hall–Kier alpha value is -0.830. The van der Waals surface area contributed by atoms with Crippen molar-refractivity contribution in [2.45, 2.75) is 65.5 Å². The van der Waals surface area contributed by atoms with Gasteiger partial charge in [0.15, 0.2) is 0 Å². The third-order valence-corrected chi connectivity index (χ3v) is 3.05. The van der Waals surface area contributed by atoms with E-state index in [1.54, 1.807) is 0 Å². The molecule has 1 aromatic rings. The molecule has 1 atom stereocenters. The normalized spacial score (nSPS) is 13.2. The SMILES string of the molecule is CCCCC(Cc1ccn(C(C)C)n1)NCC. The van der Waals surface area contributed by atoms with E-state index in [0.717, 1.165) is 13.0 Å². The van der Waals surface area contributed by atoms with Crippen LogP contribution in [0.5, 0.6) is 0 Å². The largest absolute Gasteiger partial charge is 0.314 e. The van der Waals surface area contributed by atoms with Crippen LogP contribution in [-0.4, -0.2) is 22.4 Å². The van der Waals surface area contributed by atoms with Gasteiger partial charge in [-0.2, -0.15) is 5.10 Å². The van der Waals surface area contributed by atoms with Crippen LogP contribution in [0.3, 0.4) is 0 Å². The van der Waals surface area contributed by atoms with Crippen LogP contribution in [0.25, 0.3) is 0 Å². The average molecular weight is 237 g/mol. The molecular weight excluding hydrogens is 210 g/mol. The van der Waals surface area contributed by atoms with Crippen LogP contribution in [0.1, 0.15) is 58.7 Å². The first-order valence-corrected chi connectivity index (χ1v) is 6.94. The maximum absolute atomic E-state index is 4.62. The Balaban J connectivity index is 2.52. The maximum atomic E-state index is 4.62. The third-order valence-electron chi connectivity index (χ3n) is 3.05. The minimum Gasteiger partial charge on any atom is -0.314 e. The first-order valence-electron chi connectivity index (χ1n) is 6.94. The van der Waals surface area contributed by atoms with E-state index in [9.17, 15) is 0 Å². The van der Waals surface area contributed by atoms with Crippen LogP contribution in [0.4, 0.5) is 0 Å². The molecule has 0 radical (unpaired) electrons. The molecule has 1 heterocycles. The van der Waals surface area contributed by atoms with Gasteiger partial charge in [-0.1, -0.05) is 26.7 Å². The van der Waals surface area contributed by atoms with Gasteiger partial charge >= 0.3 is 0 Å². The number of hydrogen-bond donors (Lipinski definition) is 1. The zero-order valence-electron chi connectivity index (χ0n) is 11.7. The highest BCUT2D eigenvalue weighted by Crippen LogP contribution is 2.09. The lowest BCUT2D eigenvalue weighted by Gasteiger charge is -2.16. The van der Waals surface area contributed by atoms with Gasteiger partial charge in [0, 0.05) is 24.7 Å². The van der Waals surface area contributed by atoms with Crippen LogP contribution < -0.4 is 5.32 Å². The van der Waals surface area contributed by atoms with Crippen molar-refractivity contribution in [3.8, 4) is 0 Å². The van der Waals surface area contributed by atoms with Gasteiger partial charge in [-0.15, -0.1) is 0 Å². The topological polar surface area (TPSA) is 29.9 Å². The predicted molar refractivity (Wildman–Crippen MR) is 73.3 cm³/mol. The monoisotopic (exact) mass is 237 g/mol. The molecule has 0 saturated carbocycles. The molecule has 17 heavy (non-hydrogen) atoms. The van der Waals surface area contributed by atoms with Crippen molar-refractivity contribution in [3.63, 3.8) is 0 Å². The number of unbranched alkanes of at least 4 members (excludes halogenated alkanes) is 1. The quantitative estimate of drug-likeness (QED) is 0.752. The fourth-order valence-electron chi connectivity index (χ4n) is 2.04. The van der Waals surface area contributed by atoms with Crippen LogP contribution in [0.15, 0.2) is 12.3 Å².